The highest BCUT2D eigenvalue weighted by Crippen LogP contribution is 2.31. The molecule has 2 heterocycles. The van der Waals surface area contributed by atoms with E-state index in [9.17, 15) is 9.59 Å². The predicted molar refractivity (Wildman–Crippen MR) is 106 cm³/mol. The van der Waals surface area contributed by atoms with E-state index in [1.54, 1.807) is 13.1 Å². The average molecular weight is 397 g/mol. The van der Waals surface area contributed by atoms with Crippen LogP contribution in [0.15, 0.2) is 54.6 Å². The number of benzene rings is 2. The number of ether oxygens (including phenoxy) is 3. The van der Waals surface area contributed by atoms with Gasteiger partial charge in [-0.15, -0.1) is 11.3 Å². The predicted octanol–water partition coefficient (Wildman–Crippen LogP) is 3.36. The molecule has 0 aliphatic carbocycles. The molecule has 0 fully saturated rings. The van der Waals surface area contributed by atoms with Crippen LogP contribution in [0.2, 0.25) is 0 Å². The van der Waals surface area contributed by atoms with Crippen molar-refractivity contribution in [2.75, 3.05) is 26.8 Å². The molecule has 0 saturated carbocycles. The van der Waals surface area contributed by atoms with Crippen LogP contribution in [0.5, 0.6) is 11.5 Å². The fraction of sp³-hybridized carbons (Fsp3) is 0.238. The molecule has 0 unspecified atom stereocenters. The first kappa shape index (κ1) is 18.3. The molecular formula is C21H19NO5S. The number of hydrogen-bond donors (Lipinski definition) is 0. The maximum atomic E-state index is 12.3. The van der Waals surface area contributed by atoms with E-state index < -0.39 is 5.97 Å². The first-order valence-electron chi connectivity index (χ1n) is 8.88. The van der Waals surface area contributed by atoms with Crippen LogP contribution in [-0.4, -0.2) is 49.7 Å². The first-order chi connectivity index (χ1) is 13.6. The maximum Gasteiger partial charge on any atom is 0.348 e. The summed E-state index contributed by atoms with van der Waals surface area (Å²) in [4.78, 5) is 26.5. The first-order valence-corrected chi connectivity index (χ1v) is 9.70. The van der Waals surface area contributed by atoms with E-state index in [0.29, 0.717) is 29.5 Å². The Hall–Kier alpha value is -3.06. The zero-order valence-corrected chi connectivity index (χ0v) is 16.1. The minimum absolute atomic E-state index is 0.276. The number of rotatable bonds is 5. The van der Waals surface area contributed by atoms with Crippen LogP contribution in [0.25, 0.3) is 10.1 Å². The summed E-state index contributed by atoms with van der Waals surface area (Å²) in [6.45, 7) is 0.386. The molecule has 6 nitrogen and oxygen atoms in total. The Bertz CT molecular complexity index is 982. The van der Waals surface area contributed by atoms with Crippen LogP contribution >= 0.6 is 11.3 Å². The number of esters is 1. The highest BCUT2D eigenvalue weighted by atomic mass is 32.1. The van der Waals surface area contributed by atoms with Crippen LogP contribution in [0.3, 0.4) is 0 Å². The van der Waals surface area contributed by atoms with E-state index in [4.69, 9.17) is 14.2 Å². The number of carbonyl (C=O) groups is 2. The van der Waals surface area contributed by atoms with Gasteiger partial charge in [0.1, 0.15) is 11.5 Å². The van der Waals surface area contributed by atoms with Crippen molar-refractivity contribution in [3.8, 4) is 11.5 Å². The van der Waals surface area contributed by atoms with Crippen LogP contribution in [0.1, 0.15) is 9.67 Å². The molecule has 7 heteroatoms. The summed E-state index contributed by atoms with van der Waals surface area (Å²) in [6.07, 6.45) is -0.276. The molecule has 1 aliphatic heterocycles. The number of hydrogen-bond acceptors (Lipinski definition) is 6. The van der Waals surface area contributed by atoms with E-state index in [1.165, 1.54) is 16.2 Å². The Labute approximate surface area is 166 Å². The van der Waals surface area contributed by atoms with Gasteiger partial charge >= 0.3 is 5.97 Å². The standard InChI is InChI=1S/C21H19NO5S/c1-22(11-15-12-25-16-7-3-4-8-17(16)27-15)20(23)13-26-21(24)19-10-14-6-2-5-9-18(14)28-19/h2-10,15H,11-13H2,1H3/t15-/m1/s1. The van der Waals surface area contributed by atoms with Crippen LogP contribution < -0.4 is 9.47 Å². The Morgan fingerprint density at radius 3 is 2.71 bits per heavy atom. The molecule has 1 aliphatic rings. The minimum atomic E-state index is -0.492. The summed E-state index contributed by atoms with van der Waals surface area (Å²) in [5, 5.41) is 0.984. The van der Waals surface area contributed by atoms with E-state index in [-0.39, 0.29) is 18.6 Å². The third-order valence-electron chi connectivity index (χ3n) is 4.42. The average Bonchev–Trinajstić information content (AvgIpc) is 3.16. The van der Waals surface area contributed by atoms with Gasteiger partial charge in [-0.2, -0.15) is 0 Å². The topological polar surface area (TPSA) is 65.1 Å². The van der Waals surface area contributed by atoms with Gasteiger partial charge < -0.3 is 19.1 Å². The minimum Gasteiger partial charge on any atom is -0.486 e. The zero-order valence-electron chi connectivity index (χ0n) is 15.3. The van der Waals surface area contributed by atoms with E-state index >= 15 is 0 Å². The Kier molecular flexibility index (Phi) is 5.16. The van der Waals surface area contributed by atoms with Gasteiger partial charge in [0, 0.05) is 11.7 Å². The highest BCUT2D eigenvalue weighted by Gasteiger charge is 2.24. The Balaban J connectivity index is 1.29. The van der Waals surface area contributed by atoms with Crippen LogP contribution in [0.4, 0.5) is 0 Å². The number of nitrogens with zero attached hydrogens (tertiary/aromatic N) is 1. The summed E-state index contributed by atoms with van der Waals surface area (Å²) in [6, 6.07) is 16.9. The van der Waals surface area contributed by atoms with Crippen LogP contribution in [0, 0.1) is 0 Å². The molecule has 0 spiro atoms. The number of para-hydroxylation sites is 2. The van der Waals surface area contributed by atoms with Gasteiger partial charge in [0.25, 0.3) is 5.91 Å². The van der Waals surface area contributed by atoms with Crippen molar-refractivity contribution in [2.45, 2.75) is 6.10 Å². The van der Waals surface area contributed by atoms with Gasteiger partial charge in [-0.3, -0.25) is 4.79 Å². The van der Waals surface area contributed by atoms with Crippen molar-refractivity contribution >= 4 is 33.3 Å². The molecule has 4 rings (SSSR count). The summed E-state index contributed by atoms with van der Waals surface area (Å²) >= 11 is 1.35. The number of likely N-dealkylation sites (N-methyl/N-ethyl adjacent to an activating group) is 1. The number of carbonyl (C=O) groups excluding carboxylic acids is 2. The van der Waals surface area contributed by atoms with Crippen molar-refractivity contribution in [3.05, 3.63) is 59.5 Å². The van der Waals surface area contributed by atoms with Gasteiger partial charge in [-0.25, -0.2) is 4.79 Å². The van der Waals surface area contributed by atoms with Gasteiger partial charge in [0.15, 0.2) is 24.2 Å². The molecule has 3 aromatic rings. The van der Waals surface area contributed by atoms with Gasteiger partial charge in [-0.1, -0.05) is 30.3 Å². The lowest BCUT2D eigenvalue weighted by molar-refractivity contribution is -0.134. The summed E-state index contributed by atoms with van der Waals surface area (Å²) in [5.74, 6) is 0.576. The molecule has 1 atom stereocenters. The fourth-order valence-electron chi connectivity index (χ4n) is 2.95. The van der Waals surface area contributed by atoms with Crippen molar-refractivity contribution in [1.29, 1.82) is 0 Å². The lowest BCUT2D eigenvalue weighted by Gasteiger charge is -2.29. The van der Waals surface area contributed by atoms with Crippen molar-refractivity contribution in [1.82, 2.24) is 4.90 Å². The molecule has 0 N–H and O–H groups in total. The molecule has 0 bridgehead atoms. The summed E-state index contributed by atoms with van der Waals surface area (Å²) < 4.78 is 17.7. The zero-order chi connectivity index (χ0) is 19.5. The van der Waals surface area contributed by atoms with Gasteiger partial charge in [0.2, 0.25) is 0 Å². The number of amides is 1. The molecule has 28 heavy (non-hydrogen) atoms. The van der Waals surface area contributed by atoms with Crippen LogP contribution in [-0.2, 0) is 9.53 Å². The quantitative estimate of drug-likeness (QED) is 0.618. The molecule has 1 amide bonds. The third-order valence-corrected chi connectivity index (χ3v) is 5.52. The van der Waals surface area contributed by atoms with Crippen molar-refractivity contribution in [3.63, 3.8) is 0 Å². The van der Waals surface area contributed by atoms with E-state index in [2.05, 4.69) is 0 Å². The van der Waals surface area contributed by atoms with E-state index in [0.717, 1.165) is 10.1 Å². The Morgan fingerprint density at radius 1 is 1.14 bits per heavy atom. The van der Waals surface area contributed by atoms with Crippen molar-refractivity contribution in [2.24, 2.45) is 0 Å². The molecule has 0 saturated heterocycles. The largest absolute Gasteiger partial charge is 0.486 e. The monoisotopic (exact) mass is 397 g/mol. The highest BCUT2D eigenvalue weighted by molar-refractivity contribution is 7.20. The lowest BCUT2D eigenvalue weighted by atomic mass is 10.2. The smallest absolute Gasteiger partial charge is 0.348 e. The van der Waals surface area contributed by atoms with Gasteiger partial charge in [0.05, 0.1) is 6.54 Å². The molecule has 0 radical (unpaired) electrons. The van der Waals surface area contributed by atoms with Crippen molar-refractivity contribution < 1.29 is 23.8 Å². The SMILES string of the molecule is CN(C[C@@H]1COc2ccccc2O1)C(=O)COC(=O)c1cc2ccccc2s1. The third kappa shape index (κ3) is 3.94. The molecule has 1 aromatic heterocycles. The lowest BCUT2D eigenvalue weighted by Crippen LogP contribution is -2.43. The molecule has 2 aromatic carbocycles. The second-order valence-electron chi connectivity index (χ2n) is 6.50. The second-order valence-corrected chi connectivity index (χ2v) is 7.58. The summed E-state index contributed by atoms with van der Waals surface area (Å²) in [5.41, 5.74) is 0. The van der Waals surface area contributed by atoms with E-state index in [1.807, 2.05) is 48.5 Å². The number of fused-ring (bicyclic) bond motifs is 2. The Morgan fingerprint density at radius 2 is 1.89 bits per heavy atom. The molecular weight excluding hydrogens is 378 g/mol. The molecule has 144 valence electrons. The summed E-state index contributed by atoms with van der Waals surface area (Å²) in [7, 11) is 1.65. The second kappa shape index (κ2) is 7.90. The van der Waals surface area contributed by atoms with Gasteiger partial charge in [-0.05, 0) is 29.7 Å². The fourth-order valence-corrected chi connectivity index (χ4v) is 3.91. The normalized spacial score (nSPS) is 15.2. The number of thiophene rings is 1. The maximum absolute atomic E-state index is 12.3.